The molecule has 6 heteroatoms. The summed E-state index contributed by atoms with van der Waals surface area (Å²) in [5.74, 6) is 0.443. The van der Waals surface area contributed by atoms with Crippen LogP contribution < -0.4 is 15.1 Å². The van der Waals surface area contributed by atoms with Crippen molar-refractivity contribution < 1.29 is 23.8 Å². The van der Waals surface area contributed by atoms with E-state index in [2.05, 4.69) is 0 Å². The van der Waals surface area contributed by atoms with Crippen LogP contribution in [0.1, 0.15) is 58.9 Å². The zero-order valence-electron chi connectivity index (χ0n) is 18.0. The summed E-state index contributed by atoms with van der Waals surface area (Å²) in [6, 6.07) is 4.85. The first kappa shape index (κ1) is 19.6. The summed E-state index contributed by atoms with van der Waals surface area (Å²) in [4.78, 5) is 25.3. The van der Waals surface area contributed by atoms with Crippen molar-refractivity contribution in [2.24, 2.45) is 17.8 Å². The molecule has 2 aliphatic heterocycles. The molecule has 1 fully saturated rings. The fourth-order valence-electron chi connectivity index (χ4n) is 5.92. The Balaban J connectivity index is 1.80. The average Bonchev–Trinajstić information content (AvgIpc) is 2.64. The smallest absolute Gasteiger partial charge is 0.336 e. The van der Waals surface area contributed by atoms with E-state index in [9.17, 15) is 14.7 Å². The molecular weight excluding hydrogens is 384 g/mol. The third kappa shape index (κ3) is 2.52. The van der Waals surface area contributed by atoms with Gasteiger partial charge in [0.1, 0.15) is 34.4 Å². The van der Waals surface area contributed by atoms with Crippen LogP contribution in [0.4, 0.5) is 0 Å². The average molecular weight is 412 g/mol. The molecule has 5 atom stereocenters. The zero-order valence-corrected chi connectivity index (χ0v) is 18.0. The second-order valence-corrected chi connectivity index (χ2v) is 10.1. The summed E-state index contributed by atoms with van der Waals surface area (Å²) in [5.41, 5.74) is -0.391. The molecule has 6 nitrogen and oxygen atoms in total. The van der Waals surface area contributed by atoms with E-state index in [0.29, 0.717) is 28.9 Å². The first-order valence-electron chi connectivity index (χ1n) is 10.7. The van der Waals surface area contributed by atoms with E-state index >= 15 is 0 Å². The molecule has 3 heterocycles. The van der Waals surface area contributed by atoms with Gasteiger partial charge in [-0.1, -0.05) is 13.8 Å². The Morgan fingerprint density at radius 3 is 2.63 bits per heavy atom. The van der Waals surface area contributed by atoms with Gasteiger partial charge in [-0.15, -0.1) is 0 Å². The van der Waals surface area contributed by atoms with E-state index in [1.807, 2.05) is 34.6 Å². The van der Waals surface area contributed by atoms with Crippen LogP contribution in [0.2, 0.25) is 0 Å². The Morgan fingerprint density at radius 1 is 1.20 bits per heavy atom. The lowest BCUT2D eigenvalue weighted by Gasteiger charge is -2.58. The molecular formula is C24H28O6. The Morgan fingerprint density at radius 2 is 1.93 bits per heavy atom. The Hall–Kier alpha value is -2.34. The number of aliphatic hydroxyl groups is 1. The summed E-state index contributed by atoms with van der Waals surface area (Å²) in [6.45, 7) is 9.78. The number of hydrogen-bond donors (Lipinski definition) is 1. The van der Waals surface area contributed by atoms with Gasteiger partial charge >= 0.3 is 5.63 Å². The fraction of sp³-hybridized carbons (Fsp3) is 0.583. The van der Waals surface area contributed by atoms with Crippen LogP contribution in [-0.2, 0) is 4.79 Å². The largest absolute Gasteiger partial charge is 0.487 e. The number of ether oxygens (including phenoxy) is 2. The number of aliphatic hydroxyl groups excluding tert-OH is 1. The number of ketones is 1. The predicted octanol–water partition coefficient (Wildman–Crippen LogP) is 3.81. The van der Waals surface area contributed by atoms with E-state index in [0.717, 1.165) is 12.0 Å². The van der Waals surface area contributed by atoms with Crippen LogP contribution in [0.25, 0.3) is 11.0 Å². The van der Waals surface area contributed by atoms with Crippen LogP contribution >= 0.6 is 0 Å². The van der Waals surface area contributed by atoms with Crippen molar-refractivity contribution in [3.05, 3.63) is 34.2 Å². The van der Waals surface area contributed by atoms with Crippen LogP contribution in [0, 0.1) is 17.8 Å². The van der Waals surface area contributed by atoms with Crippen molar-refractivity contribution in [2.75, 3.05) is 0 Å². The summed E-state index contributed by atoms with van der Waals surface area (Å²) >= 11 is 0. The Kier molecular flexibility index (Phi) is 3.99. The molecule has 0 saturated heterocycles. The summed E-state index contributed by atoms with van der Waals surface area (Å²) < 4.78 is 18.4. The molecule has 160 valence electrons. The minimum absolute atomic E-state index is 0.113. The maximum Gasteiger partial charge on any atom is 0.336 e. The maximum absolute atomic E-state index is 13.5. The van der Waals surface area contributed by atoms with Crippen LogP contribution in [0.3, 0.4) is 0 Å². The van der Waals surface area contributed by atoms with Crippen LogP contribution in [-0.4, -0.2) is 28.2 Å². The van der Waals surface area contributed by atoms with Gasteiger partial charge in [0, 0.05) is 29.5 Å². The fourth-order valence-corrected chi connectivity index (χ4v) is 5.92. The molecule has 1 N–H and O–H groups in total. The predicted molar refractivity (Wildman–Crippen MR) is 111 cm³/mol. The topological polar surface area (TPSA) is 86.0 Å². The SMILES string of the molecule is CC(C)C(O)C(=O)C1C2c3c4cc5oc(=O)ccc5c3O[C@@]1(C)CCC2C(C)(C)O4. The number of Topliss-reactive ketones (excluding diaryl/α,β-unsaturated/α-hetero) is 1. The monoisotopic (exact) mass is 412 g/mol. The molecule has 2 bridgehead atoms. The number of carbonyl (C=O) groups is 1. The third-order valence-electron chi connectivity index (χ3n) is 7.45. The van der Waals surface area contributed by atoms with Crippen molar-refractivity contribution in [1.29, 1.82) is 0 Å². The first-order chi connectivity index (χ1) is 14.0. The first-order valence-corrected chi connectivity index (χ1v) is 10.7. The van der Waals surface area contributed by atoms with Gasteiger partial charge < -0.3 is 19.0 Å². The van der Waals surface area contributed by atoms with Gasteiger partial charge in [-0.25, -0.2) is 4.79 Å². The Labute approximate surface area is 175 Å². The second kappa shape index (κ2) is 6.10. The summed E-state index contributed by atoms with van der Waals surface area (Å²) in [5, 5.41) is 11.4. The summed E-state index contributed by atoms with van der Waals surface area (Å²) in [7, 11) is 0. The van der Waals surface area contributed by atoms with Crippen molar-refractivity contribution in [3.8, 4) is 11.5 Å². The van der Waals surface area contributed by atoms with E-state index in [1.54, 1.807) is 12.1 Å². The molecule has 1 saturated carbocycles. The lowest BCUT2D eigenvalue weighted by Crippen LogP contribution is -2.62. The molecule has 5 rings (SSSR count). The molecule has 1 aromatic carbocycles. The van der Waals surface area contributed by atoms with Gasteiger partial charge in [0.05, 0.1) is 11.3 Å². The van der Waals surface area contributed by atoms with Crippen molar-refractivity contribution in [3.63, 3.8) is 0 Å². The number of carbonyl (C=O) groups excluding carboxylic acids is 1. The van der Waals surface area contributed by atoms with E-state index in [-0.39, 0.29) is 23.5 Å². The van der Waals surface area contributed by atoms with Crippen molar-refractivity contribution in [1.82, 2.24) is 0 Å². The number of rotatable bonds is 3. The minimum Gasteiger partial charge on any atom is -0.487 e. The molecule has 3 aliphatic rings. The molecule has 30 heavy (non-hydrogen) atoms. The number of fused-ring (bicyclic) bond motifs is 3. The van der Waals surface area contributed by atoms with E-state index in [1.165, 1.54) is 6.07 Å². The second-order valence-electron chi connectivity index (χ2n) is 10.1. The van der Waals surface area contributed by atoms with Gasteiger partial charge in [0.15, 0.2) is 5.78 Å². The highest BCUT2D eigenvalue weighted by Gasteiger charge is 2.62. The van der Waals surface area contributed by atoms with Crippen LogP contribution in [0.5, 0.6) is 11.5 Å². The molecule has 1 aliphatic carbocycles. The summed E-state index contributed by atoms with van der Waals surface area (Å²) in [6.07, 6.45) is 0.520. The van der Waals surface area contributed by atoms with Crippen molar-refractivity contribution >= 4 is 16.8 Å². The van der Waals surface area contributed by atoms with E-state index < -0.39 is 28.8 Å². The highest BCUT2D eigenvalue weighted by Crippen LogP contribution is 2.64. The van der Waals surface area contributed by atoms with Gasteiger partial charge in [-0.2, -0.15) is 0 Å². The van der Waals surface area contributed by atoms with Gasteiger partial charge in [0.2, 0.25) is 0 Å². The molecule has 4 unspecified atom stereocenters. The van der Waals surface area contributed by atoms with E-state index in [4.69, 9.17) is 13.9 Å². The maximum atomic E-state index is 13.5. The molecule has 2 aromatic rings. The molecule has 0 spiro atoms. The third-order valence-corrected chi connectivity index (χ3v) is 7.45. The molecule has 0 amide bonds. The van der Waals surface area contributed by atoms with Gasteiger partial charge in [-0.3, -0.25) is 4.79 Å². The highest BCUT2D eigenvalue weighted by atomic mass is 16.5. The standard InChI is InChI=1S/C24H28O6/c1-11(2)20(26)21(27)19-17-13-8-9-24(19,5)30-22-12-6-7-16(25)28-14(12)10-15(18(17)22)29-23(13,3)4/h6-7,10-11,13,17,19-20,26H,8-9H2,1-5H3/t13?,17?,19?,20?,24-/m0/s1. The van der Waals surface area contributed by atoms with Gasteiger partial charge in [-0.05, 0) is 45.6 Å². The van der Waals surface area contributed by atoms with Gasteiger partial charge in [0.25, 0.3) is 0 Å². The quantitative estimate of drug-likeness (QED) is 0.772. The number of benzene rings is 1. The highest BCUT2D eigenvalue weighted by molar-refractivity contribution is 5.92. The normalized spacial score (nSPS) is 31.8. The van der Waals surface area contributed by atoms with Crippen molar-refractivity contribution in [2.45, 2.75) is 70.7 Å². The number of hydrogen-bond acceptors (Lipinski definition) is 6. The molecule has 0 radical (unpaired) electrons. The van der Waals surface area contributed by atoms with Crippen LogP contribution in [0.15, 0.2) is 27.4 Å². The lowest BCUT2D eigenvalue weighted by atomic mass is 9.54. The zero-order chi connectivity index (χ0) is 21.6. The lowest BCUT2D eigenvalue weighted by molar-refractivity contribution is -0.157. The minimum atomic E-state index is -1.04. The Bertz CT molecular complexity index is 1110. The molecule has 1 aromatic heterocycles.